The summed E-state index contributed by atoms with van der Waals surface area (Å²) in [6.07, 6.45) is 2.71. The van der Waals surface area contributed by atoms with Crippen LogP contribution in [-0.4, -0.2) is 32.0 Å². The van der Waals surface area contributed by atoms with Crippen LogP contribution in [0.5, 0.6) is 0 Å². The number of aromatic nitrogens is 2. The van der Waals surface area contributed by atoms with E-state index in [9.17, 15) is 4.21 Å². The van der Waals surface area contributed by atoms with Crippen LogP contribution in [0, 0.1) is 6.92 Å². The molecule has 5 heteroatoms. The molecule has 0 fully saturated rings. The van der Waals surface area contributed by atoms with Crippen molar-refractivity contribution in [2.24, 2.45) is 0 Å². The second-order valence-electron chi connectivity index (χ2n) is 4.37. The van der Waals surface area contributed by atoms with Gasteiger partial charge >= 0.3 is 0 Å². The fourth-order valence-corrected chi connectivity index (χ4v) is 2.15. The molecule has 0 aliphatic rings. The first-order valence-corrected chi connectivity index (χ1v) is 7.73. The summed E-state index contributed by atoms with van der Waals surface area (Å²) >= 11 is 0. The Labute approximate surface area is 106 Å². The van der Waals surface area contributed by atoms with Gasteiger partial charge in [0.15, 0.2) is 0 Å². The Kier molecular flexibility index (Phi) is 5.85. The third-order valence-corrected chi connectivity index (χ3v) is 4.25. The largest absolute Gasteiger partial charge is 0.311 e. The van der Waals surface area contributed by atoms with Crippen LogP contribution >= 0.6 is 0 Å². The molecule has 0 aromatic carbocycles. The zero-order chi connectivity index (χ0) is 12.8. The minimum atomic E-state index is -0.718. The van der Waals surface area contributed by atoms with E-state index in [1.165, 1.54) is 5.69 Å². The summed E-state index contributed by atoms with van der Waals surface area (Å²) in [7, 11) is -0.718. The molecule has 17 heavy (non-hydrogen) atoms. The second kappa shape index (κ2) is 6.91. The Morgan fingerprint density at radius 1 is 1.59 bits per heavy atom. The van der Waals surface area contributed by atoms with Gasteiger partial charge in [-0.15, -0.1) is 0 Å². The zero-order valence-corrected chi connectivity index (χ0v) is 12.0. The summed E-state index contributed by atoms with van der Waals surface area (Å²) < 4.78 is 13.2. The van der Waals surface area contributed by atoms with E-state index in [0.29, 0.717) is 0 Å². The van der Waals surface area contributed by atoms with E-state index in [4.69, 9.17) is 0 Å². The SMILES string of the molecule is CCn1nc(C)cc1CNCCC(C)S(C)=O. The Hall–Kier alpha value is -0.680. The summed E-state index contributed by atoms with van der Waals surface area (Å²) in [5.41, 5.74) is 2.28. The van der Waals surface area contributed by atoms with Crippen molar-refractivity contribution in [1.82, 2.24) is 15.1 Å². The van der Waals surface area contributed by atoms with Gasteiger partial charge in [0.1, 0.15) is 0 Å². The van der Waals surface area contributed by atoms with Gasteiger partial charge in [-0.05, 0) is 32.9 Å². The molecule has 0 radical (unpaired) electrons. The molecular weight excluding hydrogens is 234 g/mol. The van der Waals surface area contributed by atoms with Gasteiger partial charge in [0.2, 0.25) is 0 Å². The summed E-state index contributed by atoms with van der Waals surface area (Å²) in [4.78, 5) is 0. The molecule has 2 unspecified atom stereocenters. The van der Waals surface area contributed by atoms with E-state index in [2.05, 4.69) is 23.4 Å². The van der Waals surface area contributed by atoms with Crippen LogP contribution in [0.4, 0.5) is 0 Å². The highest BCUT2D eigenvalue weighted by Crippen LogP contribution is 2.04. The van der Waals surface area contributed by atoms with E-state index in [1.807, 2.05) is 18.5 Å². The van der Waals surface area contributed by atoms with Crippen LogP contribution in [0.3, 0.4) is 0 Å². The zero-order valence-electron chi connectivity index (χ0n) is 11.2. The Balaban J connectivity index is 2.33. The van der Waals surface area contributed by atoms with Crippen molar-refractivity contribution in [3.63, 3.8) is 0 Å². The van der Waals surface area contributed by atoms with Crippen molar-refractivity contribution in [2.75, 3.05) is 12.8 Å². The lowest BCUT2D eigenvalue weighted by Crippen LogP contribution is -2.22. The first-order valence-electron chi connectivity index (χ1n) is 6.10. The predicted octanol–water partition coefficient (Wildman–Crippen LogP) is 1.46. The maximum absolute atomic E-state index is 11.2. The highest BCUT2D eigenvalue weighted by Gasteiger charge is 2.06. The van der Waals surface area contributed by atoms with Crippen LogP contribution in [0.15, 0.2) is 6.07 Å². The molecule has 0 saturated heterocycles. The minimum Gasteiger partial charge on any atom is -0.311 e. The Morgan fingerprint density at radius 3 is 2.88 bits per heavy atom. The lowest BCUT2D eigenvalue weighted by Gasteiger charge is -2.09. The van der Waals surface area contributed by atoms with Crippen LogP contribution < -0.4 is 5.32 Å². The quantitative estimate of drug-likeness (QED) is 0.752. The van der Waals surface area contributed by atoms with E-state index in [0.717, 1.165) is 31.7 Å². The molecule has 0 bridgehead atoms. The lowest BCUT2D eigenvalue weighted by atomic mass is 10.3. The third-order valence-electron chi connectivity index (χ3n) is 2.89. The van der Waals surface area contributed by atoms with Crippen molar-refractivity contribution in [1.29, 1.82) is 0 Å². The number of hydrogen-bond donors (Lipinski definition) is 1. The van der Waals surface area contributed by atoms with Crippen molar-refractivity contribution in [3.05, 3.63) is 17.5 Å². The molecule has 0 saturated carbocycles. The molecule has 1 rings (SSSR count). The number of aryl methyl sites for hydroxylation is 2. The molecule has 1 aromatic rings. The molecule has 2 atom stereocenters. The highest BCUT2D eigenvalue weighted by molar-refractivity contribution is 7.84. The maximum atomic E-state index is 11.2. The summed E-state index contributed by atoms with van der Waals surface area (Å²) in [6, 6.07) is 2.11. The van der Waals surface area contributed by atoms with Gasteiger partial charge in [0.05, 0.1) is 11.4 Å². The molecule has 0 spiro atoms. The van der Waals surface area contributed by atoms with Gasteiger partial charge < -0.3 is 5.32 Å². The summed E-state index contributed by atoms with van der Waals surface area (Å²) in [6.45, 7) is 8.76. The van der Waals surface area contributed by atoms with E-state index in [1.54, 1.807) is 6.26 Å². The molecule has 1 heterocycles. The number of nitrogens with one attached hydrogen (secondary N) is 1. The van der Waals surface area contributed by atoms with Crippen LogP contribution in [-0.2, 0) is 23.9 Å². The summed E-state index contributed by atoms with van der Waals surface area (Å²) in [5, 5.41) is 8.04. The predicted molar refractivity (Wildman–Crippen MR) is 72.5 cm³/mol. The van der Waals surface area contributed by atoms with Gasteiger partial charge in [-0.25, -0.2) is 0 Å². The van der Waals surface area contributed by atoms with E-state index in [-0.39, 0.29) is 5.25 Å². The Morgan fingerprint density at radius 2 is 2.29 bits per heavy atom. The summed E-state index contributed by atoms with van der Waals surface area (Å²) in [5.74, 6) is 0. The van der Waals surface area contributed by atoms with Crippen molar-refractivity contribution in [3.8, 4) is 0 Å². The topological polar surface area (TPSA) is 46.9 Å². The molecular formula is C12H23N3OS. The van der Waals surface area contributed by atoms with Gasteiger partial charge in [-0.3, -0.25) is 8.89 Å². The normalized spacial score (nSPS) is 14.8. The van der Waals surface area contributed by atoms with Crippen molar-refractivity contribution >= 4 is 10.8 Å². The number of hydrogen-bond acceptors (Lipinski definition) is 3. The number of rotatable bonds is 7. The Bertz CT molecular complexity index is 376. The standard InChI is InChI=1S/C12H23N3OS/c1-5-15-12(8-10(2)14-15)9-13-7-6-11(3)17(4)16/h8,11,13H,5-7,9H2,1-4H3. The van der Waals surface area contributed by atoms with E-state index >= 15 is 0 Å². The van der Waals surface area contributed by atoms with Crippen molar-refractivity contribution in [2.45, 2.75) is 45.5 Å². The average molecular weight is 257 g/mol. The molecule has 98 valence electrons. The average Bonchev–Trinajstić information content (AvgIpc) is 2.64. The first kappa shape index (κ1) is 14.4. The third kappa shape index (κ3) is 4.60. The van der Waals surface area contributed by atoms with Crippen LogP contribution in [0.25, 0.3) is 0 Å². The van der Waals surface area contributed by atoms with Crippen LogP contribution in [0.2, 0.25) is 0 Å². The molecule has 0 aliphatic heterocycles. The first-order chi connectivity index (χ1) is 8.04. The van der Waals surface area contributed by atoms with Gasteiger partial charge in [-0.2, -0.15) is 5.10 Å². The molecule has 0 aliphatic carbocycles. The van der Waals surface area contributed by atoms with Crippen molar-refractivity contribution < 1.29 is 4.21 Å². The molecule has 1 N–H and O–H groups in total. The van der Waals surface area contributed by atoms with Gasteiger partial charge in [0, 0.05) is 35.4 Å². The monoisotopic (exact) mass is 257 g/mol. The highest BCUT2D eigenvalue weighted by atomic mass is 32.2. The van der Waals surface area contributed by atoms with Gasteiger partial charge in [-0.1, -0.05) is 6.92 Å². The van der Waals surface area contributed by atoms with Crippen LogP contribution in [0.1, 0.15) is 31.7 Å². The molecule has 4 nitrogen and oxygen atoms in total. The number of nitrogens with zero attached hydrogens (tertiary/aromatic N) is 2. The maximum Gasteiger partial charge on any atom is 0.0597 e. The lowest BCUT2D eigenvalue weighted by molar-refractivity contribution is 0.568. The fourth-order valence-electron chi connectivity index (χ4n) is 1.70. The van der Waals surface area contributed by atoms with Gasteiger partial charge in [0.25, 0.3) is 0 Å². The molecule has 0 amide bonds. The smallest absolute Gasteiger partial charge is 0.0597 e. The van der Waals surface area contributed by atoms with E-state index < -0.39 is 10.8 Å². The molecule has 1 aromatic heterocycles. The second-order valence-corrected chi connectivity index (χ2v) is 6.17. The fraction of sp³-hybridized carbons (Fsp3) is 0.750. The minimum absolute atomic E-state index is 0.264.